The predicted molar refractivity (Wildman–Crippen MR) is 146 cm³/mol. The summed E-state index contributed by atoms with van der Waals surface area (Å²) in [6, 6.07) is 0. The molecular formula is C30H54O6. The van der Waals surface area contributed by atoms with Crippen molar-refractivity contribution in [2.45, 2.75) is 151 Å². The summed E-state index contributed by atoms with van der Waals surface area (Å²) in [6.45, 7) is 17.4. The molecule has 0 heterocycles. The Labute approximate surface area is 220 Å². The van der Waals surface area contributed by atoms with Crippen LogP contribution in [0.4, 0.5) is 0 Å². The molecule has 0 rings (SSSR count). The van der Waals surface area contributed by atoms with Crippen LogP contribution in [0.1, 0.15) is 139 Å². The van der Waals surface area contributed by atoms with Crippen LogP contribution in [-0.2, 0) is 28.6 Å². The Bertz CT molecular complexity index is 665. The van der Waals surface area contributed by atoms with Crippen molar-refractivity contribution in [2.75, 3.05) is 6.61 Å². The first-order valence-corrected chi connectivity index (χ1v) is 13.9. The van der Waals surface area contributed by atoms with Gasteiger partial charge in [0.25, 0.3) is 0 Å². The van der Waals surface area contributed by atoms with E-state index >= 15 is 0 Å². The highest BCUT2D eigenvalue weighted by Crippen LogP contribution is 2.37. The molecule has 0 atom stereocenters. The molecule has 210 valence electrons. The van der Waals surface area contributed by atoms with Gasteiger partial charge in [-0.25, -0.2) is 0 Å². The topological polar surface area (TPSA) is 78.9 Å². The number of hydrogen-bond acceptors (Lipinski definition) is 6. The third-order valence-corrected chi connectivity index (χ3v) is 5.86. The maximum Gasteiger partial charge on any atom is 0.324 e. The fourth-order valence-electron chi connectivity index (χ4n) is 3.97. The van der Waals surface area contributed by atoms with Crippen LogP contribution in [0.25, 0.3) is 0 Å². The molecule has 6 heteroatoms. The summed E-state index contributed by atoms with van der Waals surface area (Å²) in [5.74, 6) is -1.20. The van der Waals surface area contributed by atoms with Crippen LogP contribution < -0.4 is 0 Å². The molecule has 0 aromatic rings. The third kappa shape index (κ3) is 15.3. The van der Waals surface area contributed by atoms with Crippen molar-refractivity contribution in [3.8, 4) is 0 Å². The summed E-state index contributed by atoms with van der Waals surface area (Å²) < 4.78 is 16.6. The zero-order chi connectivity index (χ0) is 27.8. The van der Waals surface area contributed by atoms with Crippen LogP contribution in [0.5, 0.6) is 0 Å². The van der Waals surface area contributed by atoms with E-state index in [1.165, 1.54) is 18.4 Å². The van der Waals surface area contributed by atoms with Crippen LogP contribution in [0, 0.1) is 5.41 Å². The van der Waals surface area contributed by atoms with Gasteiger partial charge in [-0.15, -0.1) is 0 Å². The van der Waals surface area contributed by atoms with Crippen molar-refractivity contribution in [2.24, 2.45) is 5.41 Å². The van der Waals surface area contributed by atoms with E-state index in [0.29, 0.717) is 38.7 Å². The molecule has 0 radical (unpaired) electrons. The summed E-state index contributed by atoms with van der Waals surface area (Å²) in [6.07, 6.45) is 11.4. The van der Waals surface area contributed by atoms with E-state index in [-0.39, 0.29) is 5.97 Å². The highest BCUT2D eigenvalue weighted by atomic mass is 16.6. The van der Waals surface area contributed by atoms with Crippen molar-refractivity contribution in [1.29, 1.82) is 0 Å². The summed E-state index contributed by atoms with van der Waals surface area (Å²) >= 11 is 0. The second-order valence-corrected chi connectivity index (χ2v) is 11.9. The van der Waals surface area contributed by atoms with Crippen molar-refractivity contribution < 1.29 is 28.6 Å². The van der Waals surface area contributed by atoms with Crippen molar-refractivity contribution in [3.05, 3.63) is 11.6 Å². The lowest BCUT2D eigenvalue weighted by Crippen LogP contribution is -2.46. The Kier molecular flexibility index (Phi) is 15.9. The van der Waals surface area contributed by atoms with Crippen LogP contribution in [-0.4, -0.2) is 35.7 Å². The van der Waals surface area contributed by atoms with E-state index in [1.807, 2.05) is 41.5 Å². The van der Waals surface area contributed by atoms with Crippen LogP contribution in [0.15, 0.2) is 11.6 Å². The minimum Gasteiger partial charge on any atom is -0.466 e. The molecule has 0 amide bonds. The first kappa shape index (κ1) is 34.1. The Morgan fingerprint density at radius 3 is 1.72 bits per heavy atom. The van der Waals surface area contributed by atoms with E-state index in [9.17, 15) is 14.4 Å². The van der Waals surface area contributed by atoms with Crippen LogP contribution >= 0.6 is 0 Å². The van der Waals surface area contributed by atoms with Crippen molar-refractivity contribution in [3.63, 3.8) is 0 Å². The number of allylic oxidation sites excluding steroid dienone is 2. The molecule has 0 aromatic heterocycles. The van der Waals surface area contributed by atoms with Crippen LogP contribution in [0.2, 0.25) is 0 Å². The molecule has 6 nitrogen and oxygen atoms in total. The largest absolute Gasteiger partial charge is 0.466 e. The number of hydrogen-bond donors (Lipinski definition) is 0. The molecule has 0 aliphatic rings. The molecule has 0 N–H and O–H groups in total. The molecule has 0 aliphatic carbocycles. The van der Waals surface area contributed by atoms with Gasteiger partial charge in [-0.3, -0.25) is 14.4 Å². The number of esters is 3. The molecule has 0 unspecified atom stereocenters. The van der Waals surface area contributed by atoms with Gasteiger partial charge in [-0.1, -0.05) is 50.7 Å². The number of unbranched alkanes of at least 4 members (excludes halogenated alkanes) is 5. The normalized spacial score (nSPS) is 12.9. The van der Waals surface area contributed by atoms with Gasteiger partial charge >= 0.3 is 17.9 Å². The molecule has 0 spiro atoms. The lowest BCUT2D eigenvalue weighted by molar-refractivity contribution is -0.186. The average Bonchev–Trinajstić information content (AvgIpc) is 2.72. The first-order chi connectivity index (χ1) is 16.7. The number of carbonyl (C=O) groups is 3. The predicted octanol–water partition coefficient (Wildman–Crippen LogP) is 7.87. The van der Waals surface area contributed by atoms with E-state index in [1.54, 1.807) is 6.92 Å². The lowest BCUT2D eigenvalue weighted by Gasteiger charge is -2.35. The Hall–Kier alpha value is -1.85. The smallest absolute Gasteiger partial charge is 0.324 e. The minimum atomic E-state index is -1.36. The standard InChI is InChI=1S/C30H54O6/c1-10-12-15-19-24(3)20-18-23-30(26(32)35-28(4,5)6,27(33)36-29(7,8)9)22-17-14-13-16-21-25(31)34-11-2/h20H,10-19,21-23H2,1-9H3/b24-20+. The number of carbonyl (C=O) groups excluding carboxylic acids is 3. The van der Waals surface area contributed by atoms with Gasteiger partial charge < -0.3 is 14.2 Å². The molecule has 0 aliphatic heterocycles. The Balaban J connectivity index is 5.63. The van der Waals surface area contributed by atoms with Crippen molar-refractivity contribution in [1.82, 2.24) is 0 Å². The second kappa shape index (κ2) is 16.8. The highest BCUT2D eigenvalue weighted by Gasteiger charge is 2.50. The zero-order valence-corrected chi connectivity index (χ0v) is 24.7. The summed E-state index contributed by atoms with van der Waals surface area (Å²) in [5.41, 5.74) is -1.50. The molecule has 0 saturated heterocycles. The third-order valence-electron chi connectivity index (χ3n) is 5.86. The van der Waals surface area contributed by atoms with Gasteiger partial charge in [-0.05, 0) is 93.9 Å². The summed E-state index contributed by atoms with van der Waals surface area (Å²) in [7, 11) is 0. The van der Waals surface area contributed by atoms with E-state index in [2.05, 4.69) is 19.9 Å². The van der Waals surface area contributed by atoms with Crippen molar-refractivity contribution >= 4 is 17.9 Å². The van der Waals surface area contributed by atoms with E-state index < -0.39 is 28.6 Å². The zero-order valence-electron chi connectivity index (χ0n) is 24.7. The number of rotatable bonds is 17. The number of ether oxygens (including phenoxy) is 3. The molecule has 0 bridgehead atoms. The highest BCUT2D eigenvalue weighted by molar-refractivity contribution is 6.00. The Morgan fingerprint density at radius 1 is 0.694 bits per heavy atom. The molecule has 0 saturated carbocycles. The van der Waals surface area contributed by atoms with E-state index in [4.69, 9.17) is 14.2 Å². The SMILES string of the molecule is CCCCC/C(C)=C/CCC(CCCCCCC(=O)OCC)(C(=O)OC(C)(C)C)C(=O)OC(C)(C)C. The average molecular weight is 511 g/mol. The van der Waals surface area contributed by atoms with Gasteiger partial charge in [0.05, 0.1) is 6.61 Å². The van der Waals surface area contributed by atoms with Crippen LogP contribution in [0.3, 0.4) is 0 Å². The molecule has 36 heavy (non-hydrogen) atoms. The fourth-order valence-corrected chi connectivity index (χ4v) is 3.97. The van der Waals surface area contributed by atoms with Gasteiger partial charge in [0.2, 0.25) is 0 Å². The first-order valence-electron chi connectivity index (χ1n) is 13.9. The van der Waals surface area contributed by atoms with Gasteiger partial charge in [0.15, 0.2) is 5.41 Å². The summed E-state index contributed by atoms with van der Waals surface area (Å²) in [5, 5.41) is 0. The molecular weight excluding hydrogens is 456 g/mol. The summed E-state index contributed by atoms with van der Waals surface area (Å²) in [4.78, 5) is 38.7. The van der Waals surface area contributed by atoms with Gasteiger partial charge in [-0.2, -0.15) is 0 Å². The fraction of sp³-hybridized carbons (Fsp3) is 0.833. The Morgan fingerprint density at radius 2 is 1.22 bits per heavy atom. The minimum absolute atomic E-state index is 0.185. The molecule has 0 fully saturated rings. The van der Waals surface area contributed by atoms with Gasteiger partial charge in [0, 0.05) is 6.42 Å². The lowest BCUT2D eigenvalue weighted by atomic mass is 9.77. The second-order valence-electron chi connectivity index (χ2n) is 11.9. The maximum absolute atomic E-state index is 13.6. The molecule has 0 aromatic carbocycles. The van der Waals surface area contributed by atoms with Gasteiger partial charge in [0.1, 0.15) is 11.2 Å². The van der Waals surface area contributed by atoms with E-state index in [0.717, 1.165) is 32.1 Å². The monoisotopic (exact) mass is 510 g/mol. The maximum atomic E-state index is 13.6. The quantitative estimate of drug-likeness (QED) is 0.0651.